The maximum absolute atomic E-state index is 9.77. The first-order valence-electron chi connectivity index (χ1n) is 4.85. The van der Waals surface area contributed by atoms with Crippen LogP contribution in [0, 0.1) is 0 Å². The Balaban J connectivity index is 2.51. The van der Waals surface area contributed by atoms with E-state index in [1.165, 1.54) is 6.92 Å². The normalized spacial score (nSPS) is 22.8. The van der Waals surface area contributed by atoms with Gasteiger partial charge in [0.15, 0.2) is 6.23 Å². The summed E-state index contributed by atoms with van der Waals surface area (Å²) in [6.45, 7) is 1.42. The fraction of sp³-hybridized carbons (Fsp3) is 0.273. The van der Waals surface area contributed by atoms with E-state index in [0.29, 0.717) is 10.6 Å². The monoisotopic (exact) mass is 240 g/mol. The van der Waals surface area contributed by atoms with Gasteiger partial charge >= 0.3 is 0 Å². The van der Waals surface area contributed by atoms with Crippen molar-refractivity contribution in [3.8, 4) is 0 Å². The predicted octanol–water partition coefficient (Wildman–Crippen LogP) is 1.13. The Morgan fingerprint density at radius 3 is 2.81 bits per heavy atom. The number of nitrogens with one attached hydrogen (secondary N) is 1. The Morgan fingerprint density at radius 2 is 2.19 bits per heavy atom. The smallest absolute Gasteiger partial charge is 0.151 e. The molecule has 1 aliphatic heterocycles. The van der Waals surface area contributed by atoms with Crippen molar-refractivity contribution >= 4 is 23.4 Å². The van der Waals surface area contributed by atoms with Gasteiger partial charge in [0, 0.05) is 16.3 Å². The standard InChI is InChI=1S/C11H13ClN2O2/c1-11(13,16)8-5-6-4-7(12)2-3-9(6)14-10(8)15/h2-5,10,14-16H,13H2,1H3. The fourth-order valence-electron chi connectivity index (χ4n) is 1.68. The van der Waals surface area contributed by atoms with Gasteiger partial charge < -0.3 is 21.3 Å². The van der Waals surface area contributed by atoms with Crippen molar-refractivity contribution < 1.29 is 10.2 Å². The minimum absolute atomic E-state index is 0.308. The first kappa shape index (κ1) is 11.4. The lowest BCUT2D eigenvalue weighted by atomic mass is 9.96. The second kappa shape index (κ2) is 3.75. The van der Waals surface area contributed by atoms with Crippen LogP contribution in [0.25, 0.3) is 6.08 Å². The summed E-state index contributed by atoms with van der Waals surface area (Å²) in [6, 6.07) is 5.22. The van der Waals surface area contributed by atoms with Crippen molar-refractivity contribution in [2.24, 2.45) is 5.73 Å². The van der Waals surface area contributed by atoms with Crippen LogP contribution < -0.4 is 11.1 Å². The van der Waals surface area contributed by atoms with Gasteiger partial charge in [-0.3, -0.25) is 0 Å². The number of benzene rings is 1. The van der Waals surface area contributed by atoms with Crippen LogP contribution in [0.1, 0.15) is 12.5 Å². The van der Waals surface area contributed by atoms with Crippen LogP contribution >= 0.6 is 11.6 Å². The first-order chi connectivity index (χ1) is 7.38. The zero-order valence-electron chi connectivity index (χ0n) is 8.74. The molecule has 5 N–H and O–H groups in total. The molecular weight excluding hydrogens is 228 g/mol. The molecular formula is C11H13ClN2O2. The van der Waals surface area contributed by atoms with E-state index in [4.69, 9.17) is 17.3 Å². The molecule has 1 aliphatic rings. The molecule has 0 saturated carbocycles. The van der Waals surface area contributed by atoms with E-state index in [9.17, 15) is 10.2 Å². The van der Waals surface area contributed by atoms with E-state index in [1.807, 2.05) is 0 Å². The lowest BCUT2D eigenvalue weighted by Crippen LogP contribution is -2.45. The number of aliphatic hydroxyl groups is 2. The quantitative estimate of drug-likeness (QED) is 0.555. The van der Waals surface area contributed by atoms with Crippen molar-refractivity contribution in [3.63, 3.8) is 0 Å². The molecule has 0 saturated heterocycles. The van der Waals surface area contributed by atoms with Gasteiger partial charge in [-0.05, 0) is 36.8 Å². The van der Waals surface area contributed by atoms with Gasteiger partial charge in [-0.2, -0.15) is 0 Å². The Hall–Kier alpha value is -1.07. The summed E-state index contributed by atoms with van der Waals surface area (Å²) in [7, 11) is 0. The largest absolute Gasteiger partial charge is 0.372 e. The number of halogens is 1. The Labute approximate surface area is 98.3 Å². The van der Waals surface area contributed by atoms with Crippen LogP contribution in [0.2, 0.25) is 5.02 Å². The molecule has 0 amide bonds. The van der Waals surface area contributed by atoms with Crippen molar-refractivity contribution in [1.29, 1.82) is 0 Å². The predicted molar refractivity (Wildman–Crippen MR) is 63.9 cm³/mol. The highest BCUT2D eigenvalue weighted by atomic mass is 35.5. The van der Waals surface area contributed by atoms with Crippen molar-refractivity contribution in [1.82, 2.24) is 0 Å². The number of nitrogens with two attached hydrogens (primary N) is 1. The van der Waals surface area contributed by atoms with Crippen LogP contribution in [0.5, 0.6) is 0 Å². The third-order valence-corrected chi connectivity index (χ3v) is 2.73. The van der Waals surface area contributed by atoms with E-state index in [2.05, 4.69) is 5.32 Å². The SMILES string of the molecule is CC(N)(O)C1=Cc2cc(Cl)ccc2NC1O. The van der Waals surface area contributed by atoms with E-state index in [-0.39, 0.29) is 0 Å². The van der Waals surface area contributed by atoms with Gasteiger partial charge in [0.25, 0.3) is 0 Å². The number of anilines is 1. The number of hydrogen-bond acceptors (Lipinski definition) is 4. The topological polar surface area (TPSA) is 78.5 Å². The molecule has 0 spiro atoms. The molecule has 2 atom stereocenters. The van der Waals surface area contributed by atoms with Gasteiger partial charge in [-0.25, -0.2) is 0 Å². The van der Waals surface area contributed by atoms with Crippen molar-refractivity contribution in [2.75, 3.05) is 5.32 Å². The van der Waals surface area contributed by atoms with Crippen LogP contribution in [0.15, 0.2) is 23.8 Å². The number of aliphatic hydroxyl groups excluding tert-OH is 1. The van der Waals surface area contributed by atoms with Crippen LogP contribution in [0.4, 0.5) is 5.69 Å². The molecule has 1 heterocycles. The molecule has 1 aromatic carbocycles. The first-order valence-corrected chi connectivity index (χ1v) is 5.23. The van der Waals surface area contributed by atoms with Gasteiger partial charge in [0.1, 0.15) is 5.72 Å². The molecule has 4 nitrogen and oxygen atoms in total. The summed E-state index contributed by atoms with van der Waals surface area (Å²) in [4.78, 5) is 0. The van der Waals surface area contributed by atoms with Crippen molar-refractivity contribution in [2.45, 2.75) is 18.9 Å². The van der Waals surface area contributed by atoms with E-state index >= 15 is 0 Å². The number of fused-ring (bicyclic) bond motifs is 1. The molecule has 0 radical (unpaired) electrons. The molecule has 1 aromatic rings. The molecule has 86 valence electrons. The second-order valence-electron chi connectivity index (χ2n) is 4.03. The molecule has 0 fully saturated rings. The second-order valence-corrected chi connectivity index (χ2v) is 4.46. The minimum Gasteiger partial charge on any atom is -0.372 e. The summed E-state index contributed by atoms with van der Waals surface area (Å²) >= 11 is 5.86. The third-order valence-electron chi connectivity index (χ3n) is 2.50. The number of rotatable bonds is 1. The highest BCUT2D eigenvalue weighted by molar-refractivity contribution is 6.30. The van der Waals surface area contributed by atoms with Crippen LogP contribution in [-0.4, -0.2) is 22.2 Å². The van der Waals surface area contributed by atoms with Crippen LogP contribution in [-0.2, 0) is 0 Å². The molecule has 2 rings (SSSR count). The highest BCUT2D eigenvalue weighted by Crippen LogP contribution is 2.31. The van der Waals surface area contributed by atoms with Gasteiger partial charge in [0.05, 0.1) is 0 Å². The summed E-state index contributed by atoms with van der Waals surface area (Å²) < 4.78 is 0. The highest BCUT2D eigenvalue weighted by Gasteiger charge is 2.29. The van der Waals surface area contributed by atoms with Gasteiger partial charge in [0.2, 0.25) is 0 Å². The molecule has 2 unspecified atom stereocenters. The zero-order chi connectivity index (χ0) is 11.9. The molecule has 5 heteroatoms. The minimum atomic E-state index is -1.56. The van der Waals surface area contributed by atoms with E-state index in [0.717, 1.165) is 11.3 Å². The van der Waals surface area contributed by atoms with Crippen molar-refractivity contribution in [3.05, 3.63) is 34.4 Å². The number of hydrogen-bond donors (Lipinski definition) is 4. The fourth-order valence-corrected chi connectivity index (χ4v) is 1.86. The molecule has 0 aromatic heterocycles. The summed E-state index contributed by atoms with van der Waals surface area (Å²) in [5.74, 6) is 0. The van der Waals surface area contributed by atoms with E-state index in [1.54, 1.807) is 24.3 Å². The third kappa shape index (κ3) is 2.05. The lowest BCUT2D eigenvalue weighted by Gasteiger charge is -2.31. The average Bonchev–Trinajstić information content (AvgIpc) is 2.16. The van der Waals surface area contributed by atoms with Gasteiger partial charge in [-0.15, -0.1) is 0 Å². The molecule has 0 bridgehead atoms. The molecule has 0 aliphatic carbocycles. The summed E-state index contributed by atoms with van der Waals surface area (Å²) in [6.07, 6.45) is 0.649. The summed E-state index contributed by atoms with van der Waals surface area (Å²) in [5, 5.41) is 22.9. The Kier molecular flexibility index (Phi) is 2.67. The Morgan fingerprint density at radius 1 is 1.50 bits per heavy atom. The lowest BCUT2D eigenvalue weighted by molar-refractivity contribution is 0.0777. The maximum atomic E-state index is 9.77. The molecule has 16 heavy (non-hydrogen) atoms. The maximum Gasteiger partial charge on any atom is 0.151 e. The van der Waals surface area contributed by atoms with E-state index < -0.39 is 12.0 Å². The zero-order valence-corrected chi connectivity index (χ0v) is 9.49. The summed E-state index contributed by atoms with van der Waals surface area (Å²) in [5.41, 5.74) is 5.84. The average molecular weight is 241 g/mol. The van der Waals surface area contributed by atoms with Gasteiger partial charge in [-0.1, -0.05) is 11.6 Å². The van der Waals surface area contributed by atoms with Crippen LogP contribution in [0.3, 0.4) is 0 Å². The Bertz CT molecular complexity index is 452.